The Bertz CT molecular complexity index is 935. The minimum Gasteiger partial charge on any atom is -0.207 e. The highest BCUT2D eigenvalue weighted by Gasteiger charge is 2.31. The second kappa shape index (κ2) is 12.3. The minimum atomic E-state index is -0.0129. The van der Waals surface area contributed by atoms with Crippen molar-refractivity contribution < 1.29 is 4.39 Å². The molecule has 3 aliphatic rings. The van der Waals surface area contributed by atoms with Gasteiger partial charge in [0.1, 0.15) is 5.82 Å². The van der Waals surface area contributed by atoms with Gasteiger partial charge < -0.3 is 0 Å². The summed E-state index contributed by atoms with van der Waals surface area (Å²) in [5.74, 6) is 5.03. The Labute approximate surface area is 220 Å². The van der Waals surface area contributed by atoms with Crippen LogP contribution in [0.5, 0.6) is 0 Å². The van der Waals surface area contributed by atoms with Crippen molar-refractivity contribution >= 4 is 0 Å². The fourth-order valence-corrected chi connectivity index (χ4v) is 8.19. The normalized spacial score (nSPS) is 31.3. The smallest absolute Gasteiger partial charge is 0.126 e. The van der Waals surface area contributed by atoms with E-state index < -0.39 is 0 Å². The first kappa shape index (κ1) is 26.0. The molecular formula is C35H49F. The van der Waals surface area contributed by atoms with E-state index in [4.69, 9.17) is 0 Å². The maximum absolute atomic E-state index is 14.3. The van der Waals surface area contributed by atoms with Gasteiger partial charge in [-0.1, -0.05) is 75.9 Å². The summed E-state index contributed by atoms with van der Waals surface area (Å²) in [7, 11) is 0. The Balaban J connectivity index is 1.09. The van der Waals surface area contributed by atoms with E-state index in [-0.39, 0.29) is 5.82 Å². The quantitative estimate of drug-likeness (QED) is 0.363. The van der Waals surface area contributed by atoms with Crippen molar-refractivity contribution in [2.45, 2.75) is 128 Å². The molecule has 0 aromatic heterocycles. The molecule has 0 nitrogen and oxygen atoms in total. The molecule has 0 unspecified atom stereocenters. The number of hydrogen-bond donors (Lipinski definition) is 0. The van der Waals surface area contributed by atoms with Gasteiger partial charge in [0.05, 0.1) is 0 Å². The van der Waals surface area contributed by atoms with Crippen LogP contribution in [0.15, 0.2) is 42.5 Å². The average molecular weight is 489 g/mol. The summed E-state index contributed by atoms with van der Waals surface area (Å²) in [6.45, 7) is 4.38. The molecule has 0 bridgehead atoms. The maximum Gasteiger partial charge on any atom is 0.126 e. The predicted molar refractivity (Wildman–Crippen MR) is 151 cm³/mol. The average Bonchev–Trinajstić information content (AvgIpc) is 2.94. The molecule has 3 aliphatic carbocycles. The SMILES string of the molecule is CCCC1CCC(C2CCC(c3ccc(C4CCC(c5ccc(CC)c(F)c5)CC4)cc3)CC2)CC1. The third kappa shape index (κ3) is 6.08. The van der Waals surface area contributed by atoms with E-state index in [0.717, 1.165) is 35.7 Å². The summed E-state index contributed by atoms with van der Waals surface area (Å²) in [5.41, 5.74) is 5.17. The molecule has 1 heteroatoms. The van der Waals surface area contributed by atoms with Gasteiger partial charge >= 0.3 is 0 Å². The third-order valence-electron chi connectivity index (χ3n) is 10.6. The molecule has 3 saturated carbocycles. The second-order valence-electron chi connectivity index (χ2n) is 12.6. The van der Waals surface area contributed by atoms with E-state index in [2.05, 4.69) is 37.3 Å². The summed E-state index contributed by atoms with van der Waals surface area (Å²) >= 11 is 0. The fraction of sp³-hybridized carbons (Fsp3) is 0.657. The highest BCUT2D eigenvalue weighted by atomic mass is 19.1. The Hall–Kier alpha value is -1.63. The molecule has 0 aliphatic heterocycles. The van der Waals surface area contributed by atoms with Crippen LogP contribution < -0.4 is 0 Å². The molecule has 3 fully saturated rings. The Morgan fingerprint density at radius 3 is 1.50 bits per heavy atom. The monoisotopic (exact) mass is 488 g/mol. The van der Waals surface area contributed by atoms with Gasteiger partial charge in [-0.2, -0.15) is 0 Å². The first-order valence-electron chi connectivity index (χ1n) is 15.5. The summed E-state index contributed by atoms with van der Waals surface area (Å²) < 4.78 is 14.3. The molecule has 196 valence electrons. The highest BCUT2D eigenvalue weighted by molar-refractivity contribution is 5.30. The first-order chi connectivity index (χ1) is 17.6. The van der Waals surface area contributed by atoms with Crippen LogP contribution in [0.3, 0.4) is 0 Å². The summed E-state index contributed by atoms with van der Waals surface area (Å²) in [4.78, 5) is 0. The molecule has 0 N–H and O–H groups in total. The molecule has 0 atom stereocenters. The molecular weight excluding hydrogens is 439 g/mol. The van der Waals surface area contributed by atoms with Crippen LogP contribution in [0, 0.1) is 23.6 Å². The largest absolute Gasteiger partial charge is 0.207 e. The summed E-state index contributed by atoms with van der Waals surface area (Å²) in [5, 5.41) is 0. The van der Waals surface area contributed by atoms with Crippen molar-refractivity contribution in [1.82, 2.24) is 0 Å². The molecule has 2 aromatic rings. The van der Waals surface area contributed by atoms with Crippen LogP contribution in [0.1, 0.15) is 144 Å². The highest BCUT2D eigenvalue weighted by Crippen LogP contribution is 2.45. The number of halogens is 1. The van der Waals surface area contributed by atoms with E-state index in [1.807, 2.05) is 19.1 Å². The van der Waals surface area contributed by atoms with Gasteiger partial charge in [-0.15, -0.1) is 0 Å². The van der Waals surface area contributed by atoms with Crippen LogP contribution in [-0.2, 0) is 6.42 Å². The first-order valence-corrected chi connectivity index (χ1v) is 15.5. The molecule has 0 saturated heterocycles. The Morgan fingerprint density at radius 2 is 1.03 bits per heavy atom. The molecule has 36 heavy (non-hydrogen) atoms. The standard InChI is InChI=1S/C35H49F/c1-3-5-25-6-8-27(9-7-25)28-11-13-29(14-12-28)30-15-17-31(18-16-30)32-19-21-33(22-20-32)34-23-10-26(4-2)35(36)24-34/h10,15-18,23-25,27-29,32-33H,3-9,11-14,19-22H2,1-2H3. The van der Waals surface area contributed by atoms with Crippen molar-refractivity contribution in [2.75, 3.05) is 0 Å². The van der Waals surface area contributed by atoms with Crippen LogP contribution in [-0.4, -0.2) is 0 Å². The molecule has 0 heterocycles. The fourth-order valence-electron chi connectivity index (χ4n) is 8.19. The van der Waals surface area contributed by atoms with Crippen LogP contribution in [0.25, 0.3) is 0 Å². The van der Waals surface area contributed by atoms with Crippen molar-refractivity contribution in [3.63, 3.8) is 0 Å². The second-order valence-corrected chi connectivity index (χ2v) is 12.6. The number of benzene rings is 2. The molecule has 0 spiro atoms. The zero-order valence-electron chi connectivity index (χ0n) is 23.0. The van der Waals surface area contributed by atoms with Crippen molar-refractivity contribution in [2.24, 2.45) is 17.8 Å². The predicted octanol–water partition coefficient (Wildman–Crippen LogP) is 10.7. The van der Waals surface area contributed by atoms with E-state index in [1.165, 1.54) is 101 Å². The summed E-state index contributed by atoms with van der Waals surface area (Å²) in [6, 6.07) is 15.8. The zero-order chi connectivity index (χ0) is 24.9. The lowest BCUT2D eigenvalue weighted by Gasteiger charge is -2.38. The Morgan fingerprint density at radius 1 is 0.583 bits per heavy atom. The van der Waals surface area contributed by atoms with Crippen LogP contribution in [0.4, 0.5) is 4.39 Å². The van der Waals surface area contributed by atoms with Gasteiger partial charge in [0.15, 0.2) is 0 Å². The Kier molecular flexibility index (Phi) is 8.86. The van der Waals surface area contributed by atoms with Gasteiger partial charge in [-0.25, -0.2) is 4.39 Å². The number of hydrogen-bond acceptors (Lipinski definition) is 0. The van der Waals surface area contributed by atoms with Crippen LogP contribution in [0.2, 0.25) is 0 Å². The number of rotatable bonds is 7. The lowest BCUT2D eigenvalue weighted by molar-refractivity contribution is 0.156. The minimum absolute atomic E-state index is 0.0129. The molecule has 2 aromatic carbocycles. The zero-order valence-corrected chi connectivity index (χ0v) is 23.0. The van der Waals surface area contributed by atoms with E-state index in [9.17, 15) is 4.39 Å². The summed E-state index contributed by atoms with van der Waals surface area (Å²) in [6.07, 6.45) is 20.2. The lowest BCUT2D eigenvalue weighted by Crippen LogP contribution is -2.25. The van der Waals surface area contributed by atoms with Gasteiger partial charge in [0.2, 0.25) is 0 Å². The van der Waals surface area contributed by atoms with E-state index in [1.54, 1.807) is 5.56 Å². The van der Waals surface area contributed by atoms with Crippen molar-refractivity contribution in [3.05, 3.63) is 70.5 Å². The number of aryl methyl sites for hydroxylation is 1. The molecule has 0 amide bonds. The van der Waals surface area contributed by atoms with Crippen molar-refractivity contribution in [1.29, 1.82) is 0 Å². The molecule has 5 rings (SSSR count). The van der Waals surface area contributed by atoms with E-state index >= 15 is 0 Å². The molecule has 0 radical (unpaired) electrons. The van der Waals surface area contributed by atoms with E-state index in [0.29, 0.717) is 11.8 Å². The van der Waals surface area contributed by atoms with Gasteiger partial charge in [-0.05, 0) is 134 Å². The van der Waals surface area contributed by atoms with Gasteiger partial charge in [0.25, 0.3) is 0 Å². The lowest BCUT2D eigenvalue weighted by atomic mass is 9.68. The topological polar surface area (TPSA) is 0 Å². The van der Waals surface area contributed by atoms with Crippen LogP contribution >= 0.6 is 0 Å². The maximum atomic E-state index is 14.3. The van der Waals surface area contributed by atoms with Crippen molar-refractivity contribution in [3.8, 4) is 0 Å². The third-order valence-corrected chi connectivity index (χ3v) is 10.6. The van der Waals surface area contributed by atoms with Gasteiger partial charge in [-0.3, -0.25) is 0 Å². The van der Waals surface area contributed by atoms with Gasteiger partial charge in [0, 0.05) is 0 Å².